The summed E-state index contributed by atoms with van der Waals surface area (Å²) in [6.07, 6.45) is 2.69. The molecule has 0 unspecified atom stereocenters. The Bertz CT molecular complexity index is 515. The van der Waals surface area contributed by atoms with Gasteiger partial charge in [0.05, 0.1) is 16.7 Å². The van der Waals surface area contributed by atoms with E-state index in [1.54, 1.807) is 0 Å². The third-order valence-corrected chi connectivity index (χ3v) is 4.75. The Hall–Kier alpha value is -1.32. The van der Waals surface area contributed by atoms with E-state index >= 15 is 0 Å². The fraction of sp³-hybridized carbons (Fsp3) is 0.375. The number of anilines is 1. The molecule has 0 N–H and O–H groups in total. The van der Waals surface area contributed by atoms with Gasteiger partial charge >= 0.3 is 0 Å². The molecule has 1 aromatic carbocycles. The van der Waals surface area contributed by atoms with Crippen LogP contribution in [0.3, 0.4) is 0 Å². The number of methoxy groups -OCH3 is 1. The van der Waals surface area contributed by atoms with Crippen molar-refractivity contribution in [2.24, 2.45) is 0 Å². The molecule has 19 heavy (non-hydrogen) atoms. The molecule has 0 saturated carbocycles. The standard InChI is InChI=1S/C16H19NOS/c1-18-14-7-10-17(11-8-14)15-9-12-19-16(15)13-5-3-2-4-6-13/h2-6,9,12,14H,7-8,10-11H2,1H3. The Balaban J connectivity index is 1.81. The van der Waals surface area contributed by atoms with E-state index in [4.69, 9.17) is 4.74 Å². The molecule has 2 aromatic rings. The number of piperidine rings is 1. The van der Waals surface area contributed by atoms with E-state index in [9.17, 15) is 0 Å². The molecule has 0 atom stereocenters. The average molecular weight is 273 g/mol. The highest BCUT2D eigenvalue weighted by atomic mass is 32.1. The van der Waals surface area contributed by atoms with Crippen molar-refractivity contribution in [1.29, 1.82) is 0 Å². The molecule has 0 aliphatic carbocycles. The summed E-state index contributed by atoms with van der Waals surface area (Å²) < 4.78 is 5.45. The molecule has 0 radical (unpaired) electrons. The fourth-order valence-electron chi connectivity index (χ4n) is 2.69. The van der Waals surface area contributed by atoms with Crippen molar-refractivity contribution in [1.82, 2.24) is 0 Å². The fourth-order valence-corrected chi connectivity index (χ4v) is 3.61. The van der Waals surface area contributed by atoms with Crippen LogP contribution >= 0.6 is 11.3 Å². The Morgan fingerprint density at radius 3 is 2.53 bits per heavy atom. The topological polar surface area (TPSA) is 12.5 Å². The molecule has 0 spiro atoms. The van der Waals surface area contributed by atoms with Crippen molar-refractivity contribution in [3.63, 3.8) is 0 Å². The maximum Gasteiger partial charge on any atom is 0.0605 e. The van der Waals surface area contributed by atoms with Gasteiger partial charge in [0.1, 0.15) is 0 Å². The molecule has 1 aromatic heterocycles. The normalized spacial score (nSPS) is 16.8. The van der Waals surface area contributed by atoms with Crippen LogP contribution in [0.4, 0.5) is 5.69 Å². The van der Waals surface area contributed by atoms with E-state index in [2.05, 4.69) is 46.7 Å². The van der Waals surface area contributed by atoms with E-state index in [0.717, 1.165) is 25.9 Å². The van der Waals surface area contributed by atoms with Crippen LogP contribution in [-0.2, 0) is 4.74 Å². The van der Waals surface area contributed by atoms with Crippen molar-refractivity contribution < 1.29 is 4.74 Å². The van der Waals surface area contributed by atoms with Crippen molar-refractivity contribution in [3.8, 4) is 10.4 Å². The average Bonchev–Trinajstić information content (AvgIpc) is 2.98. The molecule has 1 fully saturated rings. The summed E-state index contributed by atoms with van der Waals surface area (Å²) in [7, 11) is 1.82. The first kappa shape index (κ1) is 12.7. The SMILES string of the molecule is COC1CCN(c2ccsc2-c2ccccc2)CC1. The highest BCUT2D eigenvalue weighted by Gasteiger charge is 2.21. The van der Waals surface area contributed by atoms with Gasteiger partial charge in [0.2, 0.25) is 0 Å². The smallest absolute Gasteiger partial charge is 0.0605 e. The van der Waals surface area contributed by atoms with Gasteiger partial charge < -0.3 is 9.64 Å². The zero-order valence-corrected chi connectivity index (χ0v) is 12.0. The lowest BCUT2D eigenvalue weighted by molar-refractivity contribution is 0.0819. The summed E-state index contributed by atoms with van der Waals surface area (Å²) in [6.45, 7) is 2.18. The van der Waals surface area contributed by atoms with Gasteiger partial charge in [-0.2, -0.15) is 0 Å². The number of nitrogens with zero attached hydrogens (tertiary/aromatic N) is 1. The van der Waals surface area contributed by atoms with Gasteiger partial charge in [0.25, 0.3) is 0 Å². The summed E-state index contributed by atoms with van der Waals surface area (Å²) in [6, 6.07) is 12.9. The first-order valence-electron chi connectivity index (χ1n) is 6.79. The Morgan fingerprint density at radius 2 is 1.84 bits per heavy atom. The molecule has 1 saturated heterocycles. The van der Waals surface area contributed by atoms with Gasteiger partial charge in [-0.05, 0) is 29.9 Å². The lowest BCUT2D eigenvalue weighted by Crippen LogP contribution is -2.36. The van der Waals surface area contributed by atoms with Crippen LogP contribution in [-0.4, -0.2) is 26.3 Å². The van der Waals surface area contributed by atoms with Gasteiger partial charge in [0, 0.05) is 20.2 Å². The third kappa shape index (κ3) is 2.67. The molecule has 100 valence electrons. The van der Waals surface area contributed by atoms with E-state index in [1.165, 1.54) is 16.1 Å². The van der Waals surface area contributed by atoms with Gasteiger partial charge in [-0.15, -0.1) is 11.3 Å². The number of benzene rings is 1. The maximum atomic E-state index is 5.45. The number of ether oxygens (including phenoxy) is 1. The molecule has 0 amide bonds. The predicted octanol–water partition coefficient (Wildman–Crippen LogP) is 4.03. The first-order chi connectivity index (χ1) is 9.38. The molecule has 1 aliphatic rings. The van der Waals surface area contributed by atoms with Gasteiger partial charge in [-0.3, -0.25) is 0 Å². The van der Waals surface area contributed by atoms with Crippen LogP contribution in [0, 0.1) is 0 Å². The Labute approximate surface area is 118 Å². The first-order valence-corrected chi connectivity index (χ1v) is 7.67. The van der Waals surface area contributed by atoms with Crippen molar-refractivity contribution >= 4 is 17.0 Å². The molecule has 0 bridgehead atoms. The minimum atomic E-state index is 0.440. The largest absolute Gasteiger partial charge is 0.381 e. The lowest BCUT2D eigenvalue weighted by Gasteiger charge is -2.33. The van der Waals surface area contributed by atoms with Gasteiger partial charge in [-0.1, -0.05) is 30.3 Å². The monoisotopic (exact) mass is 273 g/mol. The molecule has 3 rings (SSSR count). The van der Waals surface area contributed by atoms with Crippen LogP contribution in [0.1, 0.15) is 12.8 Å². The quantitative estimate of drug-likeness (QED) is 0.837. The maximum absolute atomic E-state index is 5.45. The number of hydrogen-bond donors (Lipinski definition) is 0. The number of thiophene rings is 1. The van der Waals surface area contributed by atoms with Crippen molar-refractivity contribution in [2.75, 3.05) is 25.1 Å². The molecule has 3 heteroatoms. The Morgan fingerprint density at radius 1 is 1.11 bits per heavy atom. The molecular formula is C16H19NOS. The van der Waals surface area contributed by atoms with Crippen LogP contribution in [0.5, 0.6) is 0 Å². The number of hydrogen-bond acceptors (Lipinski definition) is 3. The highest BCUT2D eigenvalue weighted by molar-refractivity contribution is 7.14. The second-order valence-electron chi connectivity index (χ2n) is 4.92. The zero-order valence-electron chi connectivity index (χ0n) is 11.2. The minimum Gasteiger partial charge on any atom is -0.381 e. The summed E-state index contributed by atoms with van der Waals surface area (Å²) in [4.78, 5) is 3.88. The van der Waals surface area contributed by atoms with E-state index < -0.39 is 0 Å². The predicted molar refractivity (Wildman–Crippen MR) is 82.0 cm³/mol. The zero-order chi connectivity index (χ0) is 13.1. The van der Waals surface area contributed by atoms with E-state index in [-0.39, 0.29) is 0 Å². The molecular weight excluding hydrogens is 254 g/mol. The third-order valence-electron chi connectivity index (χ3n) is 3.80. The van der Waals surface area contributed by atoms with Crippen LogP contribution in [0.2, 0.25) is 0 Å². The van der Waals surface area contributed by atoms with Crippen molar-refractivity contribution in [2.45, 2.75) is 18.9 Å². The lowest BCUT2D eigenvalue weighted by atomic mass is 10.1. The summed E-state index contributed by atoms with van der Waals surface area (Å²) in [5.41, 5.74) is 2.70. The molecule has 2 nitrogen and oxygen atoms in total. The number of rotatable bonds is 3. The molecule has 1 aliphatic heterocycles. The molecule has 2 heterocycles. The van der Waals surface area contributed by atoms with Gasteiger partial charge in [-0.25, -0.2) is 0 Å². The van der Waals surface area contributed by atoms with Crippen LogP contribution in [0.25, 0.3) is 10.4 Å². The van der Waals surface area contributed by atoms with Crippen LogP contribution < -0.4 is 4.90 Å². The Kier molecular flexibility index (Phi) is 3.85. The second-order valence-corrected chi connectivity index (χ2v) is 5.84. The minimum absolute atomic E-state index is 0.440. The van der Waals surface area contributed by atoms with Crippen molar-refractivity contribution in [3.05, 3.63) is 41.8 Å². The summed E-state index contributed by atoms with van der Waals surface area (Å²) in [5, 5.41) is 2.19. The summed E-state index contributed by atoms with van der Waals surface area (Å²) >= 11 is 1.83. The van der Waals surface area contributed by atoms with E-state index in [0.29, 0.717) is 6.10 Å². The second kappa shape index (κ2) is 5.76. The van der Waals surface area contributed by atoms with E-state index in [1.807, 2.05) is 18.4 Å². The van der Waals surface area contributed by atoms with Crippen LogP contribution in [0.15, 0.2) is 41.8 Å². The summed E-state index contributed by atoms with van der Waals surface area (Å²) in [5.74, 6) is 0. The van der Waals surface area contributed by atoms with Gasteiger partial charge in [0.15, 0.2) is 0 Å². The highest BCUT2D eigenvalue weighted by Crippen LogP contribution is 2.37.